The van der Waals surface area contributed by atoms with Gasteiger partial charge in [0.1, 0.15) is 11.3 Å². The van der Waals surface area contributed by atoms with E-state index in [0.29, 0.717) is 17.9 Å². The second kappa shape index (κ2) is 10.4. The molecule has 0 fully saturated rings. The van der Waals surface area contributed by atoms with Gasteiger partial charge < -0.3 is 20.3 Å². The highest BCUT2D eigenvalue weighted by Crippen LogP contribution is 2.23. The monoisotopic (exact) mass is 428 g/mol. The molecule has 2 aromatic rings. The number of nitro groups is 1. The quantitative estimate of drug-likeness (QED) is 0.476. The Hall–Kier alpha value is -3.62. The van der Waals surface area contributed by atoms with Crippen LogP contribution in [0.4, 0.5) is 21.9 Å². The number of nitrogens with zero attached hydrogens (tertiary/aromatic N) is 2. The Labute approximate surface area is 181 Å². The first-order valence-electron chi connectivity index (χ1n) is 9.85. The van der Waals surface area contributed by atoms with Crippen LogP contribution < -0.4 is 10.6 Å². The molecular formula is C22H28N4O5. The van der Waals surface area contributed by atoms with Crippen LogP contribution in [0.3, 0.4) is 0 Å². The van der Waals surface area contributed by atoms with Gasteiger partial charge in [-0.1, -0.05) is 24.3 Å². The van der Waals surface area contributed by atoms with Gasteiger partial charge in [-0.2, -0.15) is 0 Å². The zero-order valence-corrected chi connectivity index (χ0v) is 18.2. The van der Waals surface area contributed by atoms with Gasteiger partial charge in [-0.25, -0.2) is 4.79 Å². The predicted molar refractivity (Wildman–Crippen MR) is 119 cm³/mol. The molecule has 2 rings (SSSR count). The third kappa shape index (κ3) is 7.96. The lowest BCUT2D eigenvalue weighted by Crippen LogP contribution is -2.33. The molecule has 0 aliphatic rings. The third-order valence-corrected chi connectivity index (χ3v) is 4.10. The molecule has 9 heteroatoms. The Morgan fingerprint density at radius 2 is 1.84 bits per heavy atom. The Kier molecular flexibility index (Phi) is 7.95. The van der Waals surface area contributed by atoms with Crippen molar-refractivity contribution in [2.75, 3.05) is 24.2 Å². The number of rotatable bonds is 8. The van der Waals surface area contributed by atoms with Gasteiger partial charge in [0.05, 0.1) is 4.92 Å². The summed E-state index contributed by atoms with van der Waals surface area (Å²) in [6, 6.07) is 13.5. The fraction of sp³-hybridized carbons (Fsp3) is 0.364. The number of amides is 2. The molecule has 0 aromatic heterocycles. The van der Waals surface area contributed by atoms with Gasteiger partial charge in [0, 0.05) is 38.3 Å². The third-order valence-electron chi connectivity index (χ3n) is 4.10. The summed E-state index contributed by atoms with van der Waals surface area (Å²) in [7, 11) is 1.65. The summed E-state index contributed by atoms with van der Waals surface area (Å²) in [5, 5.41) is 16.8. The lowest BCUT2D eigenvalue weighted by Gasteiger charge is -2.24. The standard InChI is InChI=1S/C22H28N4O5/c1-22(2,3)31-21(28)25(4)15-16-8-7-9-17(14-16)24-20(27)12-13-23-18-10-5-6-11-19(18)26(29)30/h5-11,14,23H,12-13,15H2,1-4H3,(H,24,27). The molecule has 166 valence electrons. The molecule has 0 aliphatic carbocycles. The smallest absolute Gasteiger partial charge is 0.410 e. The van der Waals surface area contributed by atoms with Crippen molar-refractivity contribution in [2.24, 2.45) is 0 Å². The Morgan fingerprint density at radius 1 is 1.13 bits per heavy atom. The van der Waals surface area contributed by atoms with Crippen LogP contribution in [0.5, 0.6) is 0 Å². The maximum absolute atomic E-state index is 12.3. The Bertz CT molecular complexity index is 939. The van der Waals surface area contributed by atoms with Gasteiger partial charge in [-0.3, -0.25) is 14.9 Å². The SMILES string of the molecule is CN(Cc1cccc(NC(=O)CCNc2ccccc2[N+](=O)[O-])c1)C(=O)OC(C)(C)C. The molecule has 2 aromatic carbocycles. The molecule has 0 aliphatic heterocycles. The van der Waals surface area contributed by atoms with Crippen molar-refractivity contribution in [3.05, 3.63) is 64.2 Å². The fourth-order valence-electron chi connectivity index (χ4n) is 2.74. The molecule has 9 nitrogen and oxygen atoms in total. The van der Waals surface area contributed by atoms with Crippen LogP contribution in [0.1, 0.15) is 32.8 Å². The minimum absolute atomic E-state index is 0.0373. The molecule has 0 saturated heterocycles. The van der Waals surface area contributed by atoms with E-state index in [4.69, 9.17) is 4.74 Å². The first-order chi connectivity index (χ1) is 14.5. The summed E-state index contributed by atoms with van der Waals surface area (Å²) in [6.07, 6.45) is -0.295. The van der Waals surface area contributed by atoms with Crippen molar-refractivity contribution in [1.29, 1.82) is 0 Å². The van der Waals surface area contributed by atoms with Gasteiger partial charge in [0.15, 0.2) is 0 Å². The highest BCUT2D eigenvalue weighted by atomic mass is 16.6. The van der Waals surface area contributed by atoms with E-state index >= 15 is 0 Å². The lowest BCUT2D eigenvalue weighted by molar-refractivity contribution is -0.384. The molecule has 0 bridgehead atoms. The zero-order valence-electron chi connectivity index (χ0n) is 18.2. The van der Waals surface area contributed by atoms with Gasteiger partial charge in [-0.15, -0.1) is 0 Å². The minimum atomic E-state index is -0.574. The first kappa shape index (κ1) is 23.7. The number of nitro benzene ring substituents is 1. The molecule has 0 heterocycles. The van der Waals surface area contributed by atoms with E-state index in [1.807, 2.05) is 6.07 Å². The van der Waals surface area contributed by atoms with Crippen LogP contribution in [0.15, 0.2) is 48.5 Å². The van der Waals surface area contributed by atoms with E-state index in [1.54, 1.807) is 64.2 Å². The summed E-state index contributed by atoms with van der Waals surface area (Å²) in [4.78, 5) is 36.4. The van der Waals surface area contributed by atoms with Crippen LogP contribution in [0.25, 0.3) is 0 Å². The summed E-state index contributed by atoms with van der Waals surface area (Å²) >= 11 is 0. The van der Waals surface area contributed by atoms with Gasteiger partial charge >= 0.3 is 6.09 Å². The topological polar surface area (TPSA) is 114 Å². The van der Waals surface area contributed by atoms with Crippen LogP contribution in [-0.4, -0.2) is 41.0 Å². The van der Waals surface area contributed by atoms with E-state index in [1.165, 1.54) is 11.0 Å². The summed E-state index contributed by atoms with van der Waals surface area (Å²) < 4.78 is 5.34. The number of hydrogen-bond acceptors (Lipinski definition) is 6. The van der Waals surface area contributed by atoms with Gasteiger partial charge in [-0.05, 0) is 44.5 Å². The number of carbonyl (C=O) groups excluding carboxylic acids is 2. The van der Waals surface area contributed by atoms with Crippen molar-refractivity contribution in [1.82, 2.24) is 4.90 Å². The van der Waals surface area contributed by atoms with E-state index in [0.717, 1.165) is 5.56 Å². The van der Waals surface area contributed by atoms with Crippen LogP contribution in [-0.2, 0) is 16.1 Å². The van der Waals surface area contributed by atoms with Crippen molar-refractivity contribution < 1.29 is 19.2 Å². The summed E-state index contributed by atoms with van der Waals surface area (Å²) in [5.41, 5.74) is 1.20. The molecule has 2 N–H and O–H groups in total. The highest BCUT2D eigenvalue weighted by molar-refractivity contribution is 5.91. The average Bonchev–Trinajstić information content (AvgIpc) is 2.67. The summed E-state index contributed by atoms with van der Waals surface area (Å²) in [6.45, 7) is 5.99. The lowest BCUT2D eigenvalue weighted by atomic mass is 10.2. The predicted octanol–water partition coefficient (Wildman–Crippen LogP) is 4.40. The van der Waals surface area contributed by atoms with E-state index in [-0.39, 0.29) is 24.6 Å². The molecular weight excluding hydrogens is 400 g/mol. The van der Waals surface area contributed by atoms with Crippen LogP contribution >= 0.6 is 0 Å². The summed E-state index contributed by atoms with van der Waals surface area (Å²) in [5.74, 6) is -0.233. The number of para-hydroxylation sites is 2. The second-order valence-electron chi connectivity index (χ2n) is 8.04. The maximum atomic E-state index is 12.3. The number of nitrogens with one attached hydrogen (secondary N) is 2. The molecule has 0 atom stereocenters. The van der Waals surface area contributed by atoms with Crippen molar-refractivity contribution >= 4 is 29.1 Å². The zero-order chi connectivity index (χ0) is 23.0. The second-order valence-corrected chi connectivity index (χ2v) is 8.04. The number of ether oxygens (including phenoxy) is 1. The molecule has 0 spiro atoms. The Balaban J connectivity index is 1.87. The molecule has 0 radical (unpaired) electrons. The molecule has 31 heavy (non-hydrogen) atoms. The van der Waals surface area contributed by atoms with Crippen molar-refractivity contribution in [3.8, 4) is 0 Å². The normalized spacial score (nSPS) is 10.8. The van der Waals surface area contributed by atoms with E-state index < -0.39 is 16.6 Å². The number of hydrogen-bond donors (Lipinski definition) is 2. The molecule has 0 saturated carbocycles. The molecule has 0 unspecified atom stereocenters. The maximum Gasteiger partial charge on any atom is 0.410 e. The highest BCUT2D eigenvalue weighted by Gasteiger charge is 2.19. The largest absolute Gasteiger partial charge is 0.444 e. The number of carbonyl (C=O) groups is 2. The average molecular weight is 428 g/mol. The van der Waals surface area contributed by atoms with Crippen LogP contribution in [0.2, 0.25) is 0 Å². The van der Waals surface area contributed by atoms with Crippen LogP contribution in [0, 0.1) is 10.1 Å². The van der Waals surface area contributed by atoms with Gasteiger partial charge in [0.25, 0.3) is 5.69 Å². The Morgan fingerprint density at radius 3 is 2.52 bits per heavy atom. The molecule has 2 amide bonds. The fourth-order valence-corrected chi connectivity index (χ4v) is 2.74. The number of benzene rings is 2. The van der Waals surface area contributed by atoms with Crippen molar-refractivity contribution in [3.63, 3.8) is 0 Å². The minimum Gasteiger partial charge on any atom is -0.444 e. The van der Waals surface area contributed by atoms with Crippen molar-refractivity contribution in [2.45, 2.75) is 39.3 Å². The van der Waals surface area contributed by atoms with E-state index in [2.05, 4.69) is 10.6 Å². The van der Waals surface area contributed by atoms with E-state index in [9.17, 15) is 19.7 Å². The van der Waals surface area contributed by atoms with Gasteiger partial charge in [0.2, 0.25) is 5.91 Å². The first-order valence-corrected chi connectivity index (χ1v) is 9.85. The number of anilines is 2.